The van der Waals surface area contributed by atoms with Gasteiger partial charge in [-0.2, -0.15) is 13.2 Å². The molecule has 1 aromatic rings. The summed E-state index contributed by atoms with van der Waals surface area (Å²) in [5, 5.41) is 14.2. The maximum atomic E-state index is 13.0. The topological polar surface area (TPSA) is 35.5 Å². The summed E-state index contributed by atoms with van der Waals surface area (Å²) in [4.78, 5) is 2.15. The Bertz CT molecular complexity index is 637. The van der Waals surface area contributed by atoms with Crippen LogP contribution in [0.2, 0.25) is 0 Å². The molecule has 0 unspecified atom stereocenters. The number of halogens is 4. The highest BCUT2D eigenvalue weighted by Gasteiger charge is 2.33. The van der Waals surface area contributed by atoms with Crippen LogP contribution in [0.1, 0.15) is 77.1 Å². The third-order valence-corrected chi connectivity index (χ3v) is 5.43. The van der Waals surface area contributed by atoms with Crippen LogP contribution in [-0.2, 0) is 10.8 Å². The van der Waals surface area contributed by atoms with Crippen LogP contribution >= 0.6 is 12.4 Å². The van der Waals surface area contributed by atoms with Gasteiger partial charge in [0.15, 0.2) is 0 Å². The van der Waals surface area contributed by atoms with Gasteiger partial charge in [0.1, 0.15) is 5.75 Å². The maximum Gasteiger partial charge on any atom is 0.389 e. The lowest BCUT2D eigenvalue weighted by Crippen LogP contribution is -2.45. The molecule has 1 aromatic carbocycles. The van der Waals surface area contributed by atoms with Crippen molar-refractivity contribution in [2.24, 2.45) is 0 Å². The second-order valence-corrected chi connectivity index (χ2v) is 9.92. The van der Waals surface area contributed by atoms with Crippen molar-refractivity contribution < 1.29 is 18.3 Å². The van der Waals surface area contributed by atoms with Gasteiger partial charge in [0, 0.05) is 38.6 Å². The maximum absolute atomic E-state index is 13.0. The Morgan fingerprint density at radius 3 is 1.79 bits per heavy atom. The number of phenols is 1. The molecule has 1 aliphatic rings. The molecular weight excluding hydrogens is 401 g/mol. The molecule has 1 fully saturated rings. The van der Waals surface area contributed by atoms with Gasteiger partial charge in [-0.05, 0) is 46.1 Å². The van der Waals surface area contributed by atoms with Gasteiger partial charge >= 0.3 is 6.18 Å². The number of alkyl halides is 3. The van der Waals surface area contributed by atoms with Gasteiger partial charge in [0.25, 0.3) is 0 Å². The normalized spacial score (nSPS) is 17.7. The van der Waals surface area contributed by atoms with Crippen LogP contribution in [0.4, 0.5) is 13.2 Å². The van der Waals surface area contributed by atoms with Crippen molar-refractivity contribution in [3.63, 3.8) is 0 Å². The van der Waals surface area contributed by atoms with Crippen LogP contribution in [0.5, 0.6) is 5.75 Å². The zero-order valence-electron chi connectivity index (χ0n) is 18.4. The molecule has 2 N–H and O–H groups in total. The first-order chi connectivity index (χ1) is 12.7. The van der Waals surface area contributed by atoms with Crippen molar-refractivity contribution >= 4 is 12.4 Å². The third kappa shape index (κ3) is 7.04. The molecule has 1 aliphatic heterocycles. The summed E-state index contributed by atoms with van der Waals surface area (Å²) in [5.41, 5.74) is 1.85. The molecule has 0 aliphatic carbocycles. The van der Waals surface area contributed by atoms with Crippen LogP contribution in [0.25, 0.3) is 0 Å². The van der Waals surface area contributed by atoms with Crippen molar-refractivity contribution in [1.82, 2.24) is 10.2 Å². The van der Waals surface area contributed by atoms with Crippen LogP contribution in [-0.4, -0.2) is 42.4 Å². The van der Waals surface area contributed by atoms with Gasteiger partial charge in [0.05, 0.1) is 0 Å². The predicted octanol–water partition coefficient (Wildman–Crippen LogP) is 5.70. The van der Waals surface area contributed by atoms with E-state index >= 15 is 0 Å². The smallest absolute Gasteiger partial charge is 0.389 e. The number of nitrogens with zero attached hydrogens (tertiary/aromatic N) is 1. The Labute approximate surface area is 179 Å². The number of hydrogen-bond acceptors (Lipinski definition) is 3. The molecule has 1 atom stereocenters. The minimum atomic E-state index is -4.18. The lowest BCUT2D eigenvalue weighted by Gasteiger charge is -2.37. The summed E-state index contributed by atoms with van der Waals surface area (Å²) in [6.07, 6.45) is -4.96. The molecule has 0 radical (unpaired) electrons. The van der Waals surface area contributed by atoms with Gasteiger partial charge < -0.3 is 10.4 Å². The Hall–Kier alpha value is -0.980. The minimum absolute atomic E-state index is 0. The van der Waals surface area contributed by atoms with E-state index in [9.17, 15) is 18.3 Å². The fourth-order valence-electron chi connectivity index (χ4n) is 3.85. The number of nitrogens with one attached hydrogen (secondary N) is 1. The number of benzene rings is 1. The summed E-state index contributed by atoms with van der Waals surface area (Å²) >= 11 is 0. The van der Waals surface area contributed by atoms with Crippen molar-refractivity contribution in [3.05, 3.63) is 28.8 Å². The van der Waals surface area contributed by atoms with Crippen molar-refractivity contribution in [2.75, 3.05) is 26.2 Å². The molecule has 0 saturated carbocycles. The molecule has 0 bridgehead atoms. The fourth-order valence-corrected chi connectivity index (χ4v) is 3.85. The second-order valence-electron chi connectivity index (χ2n) is 9.92. The molecule has 1 saturated heterocycles. The lowest BCUT2D eigenvalue weighted by molar-refractivity contribution is -0.138. The number of rotatable bonds is 4. The molecular formula is C22H36ClF3N2O. The van der Waals surface area contributed by atoms with Gasteiger partial charge in [-0.1, -0.05) is 41.5 Å². The largest absolute Gasteiger partial charge is 0.507 e. The zero-order valence-corrected chi connectivity index (χ0v) is 19.2. The van der Waals surface area contributed by atoms with Crippen molar-refractivity contribution in [1.29, 1.82) is 0 Å². The van der Waals surface area contributed by atoms with E-state index in [2.05, 4.69) is 10.2 Å². The molecule has 0 aromatic heterocycles. The van der Waals surface area contributed by atoms with Crippen LogP contribution in [0, 0.1) is 0 Å². The Morgan fingerprint density at radius 1 is 0.966 bits per heavy atom. The number of aromatic hydroxyl groups is 1. The van der Waals surface area contributed by atoms with Gasteiger partial charge in [-0.3, -0.25) is 4.90 Å². The molecule has 1 heterocycles. The zero-order chi connectivity index (χ0) is 21.3. The molecule has 0 spiro atoms. The van der Waals surface area contributed by atoms with E-state index < -0.39 is 12.6 Å². The van der Waals surface area contributed by atoms with Crippen LogP contribution < -0.4 is 5.32 Å². The SMILES string of the molecule is CC(C)(C)c1cc([C@H](CCC(F)(F)F)N2CCNCC2)cc(C(C)(C)C)c1O.Cl. The first kappa shape index (κ1) is 26.1. The highest BCUT2D eigenvalue weighted by atomic mass is 35.5. The molecule has 3 nitrogen and oxygen atoms in total. The summed E-state index contributed by atoms with van der Waals surface area (Å²) in [7, 11) is 0. The number of hydrogen-bond donors (Lipinski definition) is 2. The van der Waals surface area contributed by atoms with E-state index in [0.29, 0.717) is 0 Å². The van der Waals surface area contributed by atoms with E-state index in [1.54, 1.807) is 0 Å². The first-order valence-corrected chi connectivity index (χ1v) is 10.1. The monoisotopic (exact) mass is 436 g/mol. The van der Waals surface area contributed by atoms with E-state index in [4.69, 9.17) is 0 Å². The lowest BCUT2D eigenvalue weighted by atomic mass is 9.77. The first-order valence-electron chi connectivity index (χ1n) is 10.1. The van der Waals surface area contributed by atoms with Gasteiger partial charge in [-0.15, -0.1) is 12.4 Å². The van der Waals surface area contributed by atoms with E-state index in [1.807, 2.05) is 53.7 Å². The molecule has 7 heteroatoms. The molecule has 168 valence electrons. The summed E-state index contributed by atoms with van der Waals surface area (Å²) in [6.45, 7) is 15.1. The Balaban J connectivity index is 0.00000420. The summed E-state index contributed by atoms with van der Waals surface area (Å²) in [5.74, 6) is 0.263. The van der Waals surface area contributed by atoms with E-state index in [0.717, 1.165) is 42.9 Å². The van der Waals surface area contributed by atoms with Crippen LogP contribution in [0.3, 0.4) is 0 Å². The highest BCUT2D eigenvalue weighted by Crippen LogP contribution is 2.42. The number of phenolic OH excluding ortho intramolecular Hbond substituents is 1. The number of piperazine rings is 1. The highest BCUT2D eigenvalue weighted by molar-refractivity contribution is 5.85. The van der Waals surface area contributed by atoms with E-state index in [-0.39, 0.29) is 41.4 Å². The standard InChI is InChI=1S/C22H35F3N2O.ClH/c1-20(2,3)16-13-15(14-17(19(16)28)21(4,5)6)18(7-8-22(23,24)25)27-11-9-26-10-12-27;/h13-14,18,26,28H,7-12H2,1-6H3;1H/t18-;/m0./s1. The molecule has 0 amide bonds. The quantitative estimate of drug-likeness (QED) is 0.635. The van der Waals surface area contributed by atoms with E-state index in [1.165, 1.54) is 0 Å². The molecule has 29 heavy (non-hydrogen) atoms. The average molecular weight is 437 g/mol. The molecule has 2 rings (SSSR count). The van der Waals surface area contributed by atoms with Crippen molar-refractivity contribution in [2.45, 2.75) is 77.4 Å². The summed E-state index contributed by atoms with van der Waals surface area (Å²) in [6, 6.07) is 3.54. The Kier molecular flexibility index (Phi) is 8.48. The minimum Gasteiger partial charge on any atom is -0.507 e. The van der Waals surface area contributed by atoms with Crippen molar-refractivity contribution in [3.8, 4) is 5.75 Å². The van der Waals surface area contributed by atoms with Crippen LogP contribution in [0.15, 0.2) is 12.1 Å². The third-order valence-electron chi connectivity index (χ3n) is 5.43. The Morgan fingerprint density at radius 2 is 1.41 bits per heavy atom. The van der Waals surface area contributed by atoms with Gasteiger partial charge in [0.2, 0.25) is 0 Å². The van der Waals surface area contributed by atoms with Gasteiger partial charge in [-0.25, -0.2) is 0 Å². The predicted molar refractivity (Wildman–Crippen MR) is 115 cm³/mol. The average Bonchev–Trinajstić information content (AvgIpc) is 2.54. The fraction of sp³-hybridized carbons (Fsp3) is 0.727. The summed E-state index contributed by atoms with van der Waals surface area (Å²) < 4.78 is 39.1. The second kappa shape index (κ2) is 9.44.